The zero-order chi connectivity index (χ0) is 13.1. The lowest BCUT2D eigenvalue weighted by molar-refractivity contribution is 0.625. The molecule has 0 unspecified atom stereocenters. The van der Waals surface area contributed by atoms with Crippen molar-refractivity contribution in [3.63, 3.8) is 0 Å². The molecule has 1 N–H and O–H groups in total. The van der Waals surface area contributed by atoms with Crippen LogP contribution in [0.5, 0.6) is 0 Å². The van der Waals surface area contributed by atoms with E-state index in [4.69, 9.17) is 0 Å². The van der Waals surface area contributed by atoms with Crippen LogP contribution in [0.4, 0.5) is 10.1 Å². The lowest BCUT2D eigenvalue weighted by atomic mass is 10.1. The molecule has 0 atom stereocenters. The second kappa shape index (κ2) is 5.53. The van der Waals surface area contributed by atoms with E-state index in [1.165, 1.54) is 11.6 Å². The van der Waals surface area contributed by atoms with Crippen LogP contribution in [0.3, 0.4) is 0 Å². The van der Waals surface area contributed by atoms with E-state index in [1.54, 1.807) is 12.1 Å². The number of nitrogens with one attached hydrogen (secondary N) is 1. The van der Waals surface area contributed by atoms with Crippen LogP contribution in [-0.2, 0) is 6.54 Å². The Labute approximate surface area is 115 Å². The van der Waals surface area contributed by atoms with Gasteiger partial charge in [-0.05, 0) is 54.8 Å². The summed E-state index contributed by atoms with van der Waals surface area (Å²) in [5, 5.41) is 3.34. The van der Waals surface area contributed by atoms with Crippen molar-refractivity contribution in [2.24, 2.45) is 0 Å². The molecule has 0 radical (unpaired) electrons. The van der Waals surface area contributed by atoms with Gasteiger partial charge in [0.25, 0.3) is 0 Å². The van der Waals surface area contributed by atoms with Gasteiger partial charge in [0.1, 0.15) is 5.82 Å². The maximum atomic E-state index is 13.2. The lowest BCUT2D eigenvalue weighted by Crippen LogP contribution is -2.03. The standard InChI is InChI=1S/C15H15BrFN/c1-10-4-6-14(17)7-12(10)9-18-15-8-13(16)5-3-11(15)2/h3-8,18H,9H2,1-2H3. The highest BCUT2D eigenvalue weighted by Gasteiger charge is 2.02. The van der Waals surface area contributed by atoms with Gasteiger partial charge in [0, 0.05) is 16.7 Å². The molecule has 0 aliphatic carbocycles. The Morgan fingerprint density at radius 1 is 1.06 bits per heavy atom. The predicted molar refractivity (Wildman–Crippen MR) is 77.3 cm³/mol. The number of aryl methyl sites for hydroxylation is 2. The van der Waals surface area contributed by atoms with Gasteiger partial charge >= 0.3 is 0 Å². The van der Waals surface area contributed by atoms with Gasteiger partial charge in [-0.3, -0.25) is 0 Å². The molecule has 0 saturated carbocycles. The quantitative estimate of drug-likeness (QED) is 0.857. The molecule has 0 bridgehead atoms. The van der Waals surface area contributed by atoms with Gasteiger partial charge in [-0.1, -0.05) is 28.1 Å². The van der Waals surface area contributed by atoms with Gasteiger partial charge in [-0.25, -0.2) is 4.39 Å². The summed E-state index contributed by atoms with van der Waals surface area (Å²) in [6, 6.07) is 11.0. The van der Waals surface area contributed by atoms with Crippen LogP contribution in [0.25, 0.3) is 0 Å². The zero-order valence-electron chi connectivity index (χ0n) is 10.4. The van der Waals surface area contributed by atoms with Crippen LogP contribution in [0.2, 0.25) is 0 Å². The van der Waals surface area contributed by atoms with Gasteiger partial charge in [0.2, 0.25) is 0 Å². The van der Waals surface area contributed by atoms with E-state index in [2.05, 4.69) is 21.2 Å². The molecular weight excluding hydrogens is 293 g/mol. The average molecular weight is 308 g/mol. The molecule has 0 aromatic heterocycles. The Morgan fingerprint density at radius 2 is 1.78 bits per heavy atom. The van der Waals surface area contributed by atoms with E-state index in [1.807, 2.05) is 32.0 Å². The first-order valence-electron chi connectivity index (χ1n) is 5.81. The lowest BCUT2D eigenvalue weighted by Gasteiger charge is -2.12. The fraction of sp³-hybridized carbons (Fsp3) is 0.200. The highest BCUT2D eigenvalue weighted by molar-refractivity contribution is 9.10. The number of rotatable bonds is 3. The van der Waals surface area contributed by atoms with Crippen molar-refractivity contribution in [3.05, 3.63) is 63.4 Å². The minimum Gasteiger partial charge on any atom is -0.381 e. The van der Waals surface area contributed by atoms with Crippen molar-refractivity contribution >= 4 is 21.6 Å². The van der Waals surface area contributed by atoms with Crippen molar-refractivity contribution in [1.29, 1.82) is 0 Å². The summed E-state index contributed by atoms with van der Waals surface area (Å²) in [6.07, 6.45) is 0. The predicted octanol–water partition coefficient (Wildman–Crippen LogP) is 4.82. The Balaban J connectivity index is 2.16. The molecule has 1 nitrogen and oxygen atoms in total. The summed E-state index contributed by atoms with van der Waals surface area (Å²) >= 11 is 3.45. The van der Waals surface area contributed by atoms with E-state index in [9.17, 15) is 4.39 Å². The highest BCUT2D eigenvalue weighted by Crippen LogP contribution is 2.22. The van der Waals surface area contributed by atoms with Crippen LogP contribution in [0.15, 0.2) is 40.9 Å². The minimum absolute atomic E-state index is 0.191. The first kappa shape index (κ1) is 13.1. The molecule has 0 spiro atoms. The van der Waals surface area contributed by atoms with Crippen molar-refractivity contribution in [2.45, 2.75) is 20.4 Å². The molecule has 0 heterocycles. The summed E-state index contributed by atoms with van der Waals surface area (Å²) in [7, 11) is 0. The van der Waals surface area contributed by atoms with Gasteiger partial charge < -0.3 is 5.32 Å². The van der Waals surface area contributed by atoms with Gasteiger partial charge in [-0.15, -0.1) is 0 Å². The van der Waals surface area contributed by atoms with Gasteiger partial charge in [-0.2, -0.15) is 0 Å². The average Bonchev–Trinajstić information content (AvgIpc) is 2.34. The monoisotopic (exact) mass is 307 g/mol. The molecule has 2 rings (SSSR count). The number of hydrogen-bond acceptors (Lipinski definition) is 1. The summed E-state index contributed by atoms with van der Waals surface area (Å²) in [6.45, 7) is 4.66. The number of benzene rings is 2. The van der Waals surface area contributed by atoms with Crippen LogP contribution >= 0.6 is 15.9 Å². The number of anilines is 1. The molecule has 0 aliphatic rings. The van der Waals surface area contributed by atoms with Gasteiger partial charge in [0.05, 0.1) is 0 Å². The SMILES string of the molecule is Cc1ccc(F)cc1CNc1cc(Br)ccc1C. The zero-order valence-corrected chi connectivity index (χ0v) is 12.0. The maximum absolute atomic E-state index is 13.2. The Kier molecular flexibility index (Phi) is 4.02. The molecule has 3 heteroatoms. The molecule has 0 amide bonds. The third-order valence-corrected chi connectivity index (χ3v) is 3.47. The molecular formula is C15H15BrFN. The van der Waals surface area contributed by atoms with E-state index in [0.717, 1.165) is 21.3 Å². The number of halogens is 2. The minimum atomic E-state index is -0.191. The second-order valence-electron chi connectivity index (χ2n) is 4.38. The van der Waals surface area contributed by atoms with Gasteiger partial charge in [0.15, 0.2) is 0 Å². The summed E-state index contributed by atoms with van der Waals surface area (Å²) in [4.78, 5) is 0. The molecule has 18 heavy (non-hydrogen) atoms. The van der Waals surface area contributed by atoms with Crippen LogP contribution in [0.1, 0.15) is 16.7 Å². The van der Waals surface area contributed by atoms with Crippen molar-refractivity contribution < 1.29 is 4.39 Å². The van der Waals surface area contributed by atoms with Crippen LogP contribution in [-0.4, -0.2) is 0 Å². The molecule has 0 aliphatic heterocycles. The topological polar surface area (TPSA) is 12.0 Å². The smallest absolute Gasteiger partial charge is 0.123 e. The largest absolute Gasteiger partial charge is 0.381 e. The Morgan fingerprint density at radius 3 is 2.56 bits per heavy atom. The fourth-order valence-corrected chi connectivity index (χ4v) is 2.17. The first-order chi connectivity index (χ1) is 8.56. The number of hydrogen-bond donors (Lipinski definition) is 1. The summed E-state index contributed by atoms with van der Waals surface area (Å²) in [5.41, 5.74) is 4.31. The molecule has 2 aromatic rings. The Hall–Kier alpha value is -1.35. The third kappa shape index (κ3) is 3.10. The summed E-state index contributed by atoms with van der Waals surface area (Å²) < 4.78 is 14.2. The van der Waals surface area contributed by atoms with Crippen LogP contribution in [0, 0.1) is 19.7 Å². The molecule has 0 saturated heterocycles. The summed E-state index contributed by atoms with van der Waals surface area (Å²) in [5.74, 6) is -0.191. The first-order valence-corrected chi connectivity index (χ1v) is 6.60. The molecule has 94 valence electrons. The molecule has 0 fully saturated rings. The van der Waals surface area contributed by atoms with Crippen LogP contribution < -0.4 is 5.32 Å². The van der Waals surface area contributed by atoms with E-state index >= 15 is 0 Å². The Bertz CT molecular complexity index is 515. The maximum Gasteiger partial charge on any atom is 0.123 e. The van der Waals surface area contributed by atoms with Crippen molar-refractivity contribution in [1.82, 2.24) is 0 Å². The van der Waals surface area contributed by atoms with Crippen molar-refractivity contribution in [2.75, 3.05) is 5.32 Å². The van der Waals surface area contributed by atoms with E-state index in [0.29, 0.717) is 6.54 Å². The van der Waals surface area contributed by atoms with E-state index < -0.39 is 0 Å². The molecule has 2 aromatic carbocycles. The van der Waals surface area contributed by atoms with Crippen molar-refractivity contribution in [3.8, 4) is 0 Å². The normalized spacial score (nSPS) is 10.4. The van der Waals surface area contributed by atoms with E-state index in [-0.39, 0.29) is 5.82 Å². The fourth-order valence-electron chi connectivity index (χ4n) is 1.81. The highest BCUT2D eigenvalue weighted by atomic mass is 79.9. The second-order valence-corrected chi connectivity index (χ2v) is 5.30. The third-order valence-electron chi connectivity index (χ3n) is 2.98.